The molecule has 0 bridgehead atoms. The standard InChI is InChI=1S/C35H27Cl2N3O4S/c1-22(33(41)39-30-18-12-25(36)20-29(30)37)45-28-16-13-26(14-17-28)38-35(43)31(40-34(42)24-10-6-3-7-11-24)21-27-15-19-32(44-27)23-8-4-2-5-9-23/h2-22H,1H3,(H,38,43)(H,39,41)(H,40,42). The fourth-order valence-electron chi connectivity index (χ4n) is 4.17. The lowest BCUT2D eigenvalue weighted by Gasteiger charge is -2.14. The summed E-state index contributed by atoms with van der Waals surface area (Å²) < 4.78 is 5.95. The molecule has 1 aromatic heterocycles. The van der Waals surface area contributed by atoms with Crippen molar-refractivity contribution in [2.24, 2.45) is 0 Å². The third-order valence-corrected chi connectivity index (χ3v) is 8.14. The van der Waals surface area contributed by atoms with Gasteiger partial charge in [-0.15, -0.1) is 11.8 Å². The molecule has 5 aromatic rings. The summed E-state index contributed by atoms with van der Waals surface area (Å²) in [4.78, 5) is 39.9. The molecule has 0 radical (unpaired) electrons. The Hall–Kier alpha value is -4.76. The molecule has 0 spiro atoms. The fourth-order valence-corrected chi connectivity index (χ4v) is 5.49. The van der Waals surface area contributed by atoms with Crippen molar-refractivity contribution in [1.29, 1.82) is 0 Å². The van der Waals surface area contributed by atoms with Crippen LogP contribution in [-0.2, 0) is 9.59 Å². The molecule has 3 amide bonds. The van der Waals surface area contributed by atoms with Crippen LogP contribution in [0, 0.1) is 0 Å². The molecule has 0 saturated heterocycles. The molecule has 10 heteroatoms. The van der Waals surface area contributed by atoms with E-state index in [2.05, 4.69) is 16.0 Å². The summed E-state index contributed by atoms with van der Waals surface area (Å²) in [5, 5.41) is 8.74. The van der Waals surface area contributed by atoms with Gasteiger partial charge in [-0.1, -0.05) is 71.7 Å². The van der Waals surface area contributed by atoms with Gasteiger partial charge in [-0.2, -0.15) is 0 Å². The third-order valence-electron chi connectivity index (χ3n) is 6.48. The third kappa shape index (κ3) is 8.67. The number of benzene rings is 4. The maximum absolute atomic E-state index is 13.4. The Bertz CT molecular complexity index is 1840. The number of furan rings is 1. The summed E-state index contributed by atoms with van der Waals surface area (Å²) in [6.07, 6.45) is 1.49. The minimum atomic E-state index is -0.537. The number of rotatable bonds is 10. The van der Waals surface area contributed by atoms with Crippen molar-refractivity contribution in [3.8, 4) is 11.3 Å². The predicted octanol–water partition coefficient (Wildman–Crippen LogP) is 8.78. The Morgan fingerprint density at radius 3 is 2.18 bits per heavy atom. The molecule has 226 valence electrons. The molecule has 1 atom stereocenters. The Morgan fingerprint density at radius 2 is 1.49 bits per heavy atom. The number of thioether (sulfide) groups is 1. The van der Waals surface area contributed by atoms with Gasteiger partial charge in [-0.05, 0) is 73.7 Å². The summed E-state index contributed by atoms with van der Waals surface area (Å²) in [5.74, 6) is -0.177. The van der Waals surface area contributed by atoms with E-state index in [4.69, 9.17) is 27.6 Å². The van der Waals surface area contributed by atoms with Crippen LogP contribution < -0.4 is 16.0 Å². The van der Waals surface area contributed by atoms with Crippen molar-refractivity contribution < 1.29 is 18.8 Å². The molecule has 0 aliphatic heterocycles. The first-order valence-electron chi connectivity index (χ1n) is 13.8. The van der Waals surface area contributed by atoms with Gasteiger partial charge in [0.25, 0.3) is 11.8 Å². The van der Waals surface area contributed by atoms with Crippen molar-refractivity contribution in [2.45, 2.75) is 17.1 Å². The molecule has 4 aromatic carbocycles. The molecule has 45 heavy (non-hydrogen) atoms. The van der Waals surface area contributed by atoms with Crippen molar-refractivity contribution in [1.82, 2.24) is 5.32 Å². The predicted molar refractivity (Wildman–Crippen MR) is 182 cm³/mol. The monoisotopic (exact) mass is 655 g/mol. The van der Waals surface area contributed by atoms with Crippen molar-refractivity contribution >= 4 is 70.1 Å². The number of anilines is 2. The van der Waals surface area contributed by atoms with E-state index in [0.717, 1.165) is 10.5 Å². The highest BCUT2D eigenvalue weighted by Crippen LogP contribution is 2.29. The molecule has 0 aliphatic carbocycles. The Balaban J connectivity index is 1.27. The Labute approximate surface area is 274 Å². The highest BCUT2D eigenvalue weighted by atomic mass is 35.5. The first kappa shape index (κ1) is 31.7. The van der Waals surface area contributed by atoms with Crippen LogP contribution >= 0.6 is 35.0 Å². The molecule has 7 nitrogen and oxygen atoms in total. The van der Waals surface area contributed by atoms with Crippen LogP contribution in [0.5, 0.6) is 0 Å². The van der Waals surface area contributed by atoms with Crippen LogP contribution in [0.3, 0.4) is 0 Å². The molecule has 1 unspecified atom stereocenters. The maximum Gasteiger partial charge on any atom is 0.272 e. The van der Waals surface area contributed by atoms with Gasteiger partial charge in [0.1, 0.15) is 17.2 Å². The maximum atomic E-state index is 13.4. The minimum absolute atomic E-state index is 0.00224. The topological polar surface area (TPSA) is 100 Å². The number of hydrogen-bond donors (Lipinski definition) is 3. The normalized spacial score (nSPS) is 11.8. The van der Waals surface area contributed by atoms with Crippen molar-refractivity contribution in [3.63, 3.8) is 0 Å². The zero-order valence-corrected chi connectivity index (χ0v) is 26.2. The quantitative estimate of drug-likeness (QED) is 0.103. The van der Waals surface area contributed by atoms with Gasteiger partial charge in [0.05, 0.1) is 16.0 Å². The molecule has 0 saturated carbocycles. The van der Waals surface area contributed by atoms with E-state index in [9.17, 15) is 14.4 Å². The number of amides is 3. The van der Waals surface area contributed by atoms with Crippen molar-refractivity contribution in [3.05, 3.63) is 142 Å². The van der Waals surface area contributed by atoms with Gasteiger partial charge in [0, 0.05) is 32.8 Å². The van der Waals surface area contributed by atoms with Gasteiger partial charge in [-0.3, -0.25) is 14.4 Å². The minimum Gasteiger partial charge on any atom is -0.457 e. The molecule has 5 rings (SSSR count). The summed E-state index contributed by atoms with van der Waals surface area (Å²) >= 11 is 13.5. The molecular weight excluding hydrogens is 629 g/mol. The first-order chi connectivity index (χ1) is 21.7. The van der Waals surface area contributed by atoms with E-state index in [-0.39, 0.29) is 11.6 Å². The second-order valence-electron chi connectivity index (χ2n) is 9.80. The largest absolute Gasteiger partial charge is 0.457 e. The van der Waals surface area contributed by atoms with E-state index in [1.807, 2.05) is 30.3 Å². The molecule has 0 aliphatic rings. The van der Waals surface area contributed by atoms with Crippen LogP contribution in [-0.4, -0.2) is 23.0 Å². The zero-order chi connectivity index (χ0) is 31.8. The van der Waals surface area contributed by atoms with Gasteiger partial charge in [0.2, 0.25) is 5.91 Å². The van der Waals surface area contributed by atoms with E-state index in [1.165, 1.54) is 17.8 Å². The van der Waals surface area contributed by atoms with Crippen molar-refractivity contribution in [2.75, 3.05) is 10.6 Å². The number of hydrogen-bond acceptors (Lipinski definition) is 5. The van der Waals surface area contributed by atoms with Crippen LogP contribution in [0.1, 0.15) is 23.0 Å². The van der Waals surface area contributed by atoms with E-state index in [1.54, 1.807) is 91.9 Å². The second-order valence-corrected chi connectivity index (χ2v) is 12.1. The number of carbonyl (C=O) groups is 3. The highest BCUT2D eigenvalue weighted by molar-refractivity contribution is 8.00. The lowest BCUT2D eigenvalue weighted by atomic mass is 10.2. The van der Waals surface area contributed by atoms with Gasteiger partial charge < -0.3 is 20.4 Å². The smallest absolute Gasteiger partial charge is 0.272 e. The van der Waals surface area contributed by atoms with E-state index >= 15 is 0 Å². The number of halogens is 2. The average Bonchev–Trinajstić information content (AvgIpc) is 3.52. The highest BCUT2D eigenvalue weighted by Gasteiger charge is 2.18. The summed E-state index contributed by atoms with van der Waals surface area (Å²) in [7, 11) is 0. The molecule has 0 fully saturated rings. The van der Waals surface area contributed by atoms with Gasteiger partial charge in [-0.25, -0.2) is 0 Å². The van der Waals surface area contributed by atoms with Crippen LogP contribution in [0.2, 0.25) is 10.0 Å². The fraction of sp³-hybridized carbons (Fsp3) is 0.0571. The Morgan fingerprint density at radius 1 is 0.800 bits per heavy atom. The zero-order valence-electron chi connectivity index (χ0n) is 23.9. The average molecular weight is 657 g/mol. The van der Waals surface area contributed by atoms with Crippen LogP contribution in [0.25, 0.3) is 17.4 Å². The van der Waals surface area contributed by atoms with Gasteiger partial charge >= 0.3 is 0 Å². The summed E-state index contributed by atoms with van der Waals surface area (Å²) in [6, 6.07) is 33.6. The molecule has 3 N–H and O–H groups in total. The number of carbonyl (C=O) groups excluding carboxylic acids is 3. The van der Waals surface area contributed by atoms with Crippen LogP contribution in [0.4, 0.5) is 11.4 Å². The van der Waals surface area contributed by atoms with E-state index in [0.29, 0.717) is 38.5 Å². The second kappa shape index (κ2) is 14.8. The van der Waals surface area contributed by atoms with Crippen LogP contribution in [0.15, 0.2) is 130 Å². The lowest BCUT2D eigenvalue weighted by Crippen LogP contribution is -2.30. The summed E-state index contributed by atoms with van der Waals surface area (Å²) in [6.45, 7) is 1.78. The van der Waals surface area contributed by atoms with E-state index < -0.39 is 17.1 Å². The van der Waals surface area contributed by atoms with Gasteiger partial charge in [0.15, 0.2) is 0 Å². The SMILES string of the molecule is CC(Sc1ccc(NC(=O)C(=Cc2ccc(-c3ccccc3)o2)NC(=O)c2ccccc2)cc1)C(=O)Nc1ccc(Cl)cc1Cl. The lowest BCUT2D eigenvalue weighted by molar-refractivity contribution is -0.115. The Kier molecular flexibility index (Phi) is 10.4. The summed E-state index contributed by atoms with van der Waals surface area (Å²) in [5.41, 5.74) is 2.26. The first-order valence-corrected chi connectivity index (χ1v) is 15.5. The molecule has 1 heterocycles. The number of nitrogens with one attached hydrogen (secondary N) is 3. The molecular formula is C35H27Cl2N3O4S.